The van der Waals surface area contributed by atoms with Crippen LogP contribution >= 0.6 is 0 Å². The summed E-state index contributed by atoms with van der Waals surface area (Å²) in [6.07, 6.45) is -0.0658. The molecular formula is C17H21NO5S. The molecule has 1 aliphatic rings. The number of benzene rings is 1. The minimum Gasteiger partial charge on any atom is -0.473 e. The maximum atomic E-state index is 13.0. The molecular weight excluding hydrogens is 330 g/mol. The van der Waals surface area contributed by atoms with Crippen LogP contribution in [0.15, 0.2) is 53.8 Å². The SMILES string of the molecule is C=C(C(=O)OC)[C@H]1[C@H](CC)OC(=C)N1S(=O)(=O)c1ccc(C)cc1. The second kappa shape index (κ2) is 6.68. The van der Waals surface area contributed by atoms with Crippen LogP contribution in [0.1, 0.15) is 18.9 Å². The van der Waals surface area contributed by atoms with Crippen molar-refractivity contribution in [2.24, 2.45) is 0 Å². The molecule has 1 fully saturated rings. The van der Waals surface area contributed by atoms with Crippen molar-refractivity contribution in [2.45, 2.75) is 37.3 Å². The first-order valence-corrected chi connectivity index (χ1v) is 8.91. The Balaban J connectivity index is 2.51. The van der Waals surface area contributed by atoms with Crippen molar-refractivity contribution in [3.8, 4) is 0 Å². The number of esters is 1. The normalized spacial score (nSPS) is 20.6. The lowest BCUT2D eigenvalue weighted by atomic mass is 10.0. The van der Waals surface area contributed by atoms with Crippen molar-refractivity contribution in [3.63, 3.8) is 0 Å². The summed E-state index contributed by atoms with van der Waals surface area (Å²) >= 11 is 0. The van der Waals surface area contributed by atoms with Crippen LogP contribution in [0.4, 0.5) is 0 Å². The van der Waals surface area contributed by atoms with Gasteiger partial charge in [0.1, 0.15) is 12.1 Å². The highest BCUT2D eigenvalue weighted by Crippen LogP contribution is 2.36. The lowest BCUT2D eigenvalue weighted by Crippen LogP contribution is -2.42. The van der Waals surface area contributed by atoms with E-state index in [9.17, 15) is 13.2 Å². The number of hydrogen-bond acceptors (Lipinski definition) is 5. The Bertz CT molecular complexity index is 767. The van der Waals surface area contributed by atoms with Crippen LogP contribution in [0.5, 0.6) is 0 Å². The summed E-state index contributed by atoms with van der Waals surface area (Å²) in [5, 5.41) is 0. The summed E-state index contributed by atoms with van der Waals surface area (Å²) in [6, 6.07) is 5.54. The molecule has 0 aromatic heterocycles. The van der Waals surface area contributed by atoms with Gasteiger partial charge in [-0.1, -0.05) is 31.2 Å². The molecule has 0 unspecified atom stereocenters. The van der Waals surface area contributed by atoms with Crippen molar-refractivity contribution >= 4 is 16.0 Å². The number of sulfonamides is 1. The van der Waals surface area contributed by atoms with Gasteiger partial charge in [-0.15, -0.1) is 0 Å². The number of aryl methyl sites for hydroxylation is 1. The Labute approximate surface area is 142 Å². The molecule has 1 saturated heterocycles. The van der Waals surface area contributed by atoms with E-state index >= 15 is 0 Å². The number of ether oxygens (including phenoxy) is 2. The van der Waals surface area contributed by atoms with Crippen LogP contribution in [0, 0.1) is 6.92 Å². The first-order valence-electron chi connectivity index (χ1n) is 7.47. The molecule has 0 bridgehead atoms. The topological polar surface area (TPSA) is 72.9 Å². The molecule has 6 nitrogen and oxygen atoms in total. The second-order valence-corrected chi connectivity index (χ2v) is 7.35. The molecule has 1 aromatic rings. The maximum Gasteiger partial charge on any atom is 0.335 e. The van der Waals surface area contributed by atoms with E-state index in [1.54, 1.807) is 12.1 Å². The number of methoxy groups -OCH3 is 1. The Morgan fingerprint density at radius 1 is 1.33 bits per heavy atom. The van der Waals surface area contributed by atoms with E-state index in [0.29, 0.717) is 6.42 Å². The molecule has 0 aliphatic carbocycles. The van der Waals surface area contributed by atoms with E-state index in [1.165, 1.54) is 19.2 Å². The van der Waals surface area contributed by atoms with Crippen LogP contribution in [-0.2, 0) is 24.3 Å². The van der Waals surface area contributed by atoms with Crippen LogP contribution in [0.2, 0.25) is 0 Å². The summed E-state index contributed by atoms with van der Waals surface area (Å²) in [7, 11) is -2.72. The maximum absolute atomic E-state index is 13.0. The number of nitrogens with zero attached hydrogens (tertiary/aromatic N) is 1. The zero-order chi connectivity index (χ0) is 18.1. The Hall–Kier alpha value is -2.28. The van der Waals surface area contributed by atoms with Crippen molar-refractivity contribution in [2.75, 3.05) is 7.11 Å². The van der Waals surface area contributed by atoms with Crippen molar-refractivity contribution in [3.05, 3.63) is 54.4 Å². The zero-order valence-electron chi connectivity index (χ0n) is 14.0. The van der Waals surface area contributed by atoms with Crippen molar-refractivity contribution < 1.29 is 22.7 Å². The molecule has 0 radical (unpaired) electrons. The highest BCUT2D eigenvalue weighted by molar-refractivity contribution is 7.89. The molecule has 0 amide bonds. The fraction of sp³-hybridized carbons (Fsp3) is 0.353. The highest BCUT2D eigenvalue weighted by Gasteiger charge is 2.47. The van der Waals surface area contributed by atoms with E-state index in [1.807, 2.05) is 13.8 Å². The number of rotatable bonds is 5. The van der Waals surface area contributed by atoms with Gasteiger partial charge in [0.15, 0.2) is 5.88 Å². The molecule has 2 rings (SSSR count). The monoisotopic (exact) mass is 351 g/mol. The van der Waals surface area contributed by atoms with E-state index < -0.39 is 28.1 Å². The number of hydrogen-bond donors (Lipinski definition) is 0. The molecule has 0 saturated carbocycles. The lowest BCUT2D eigenvalue weighted by Gasteiger charge is -2.26. The first-order chi connectivity index (χ1) is 11.2. The minimum absolute atomic E-state index is 0.0127. The molecule has 2 atom stereocenters. The fourth-order valence-electron chi connectivity index (χ4n) is 2.63. The third-order valence-electron chi connectivity index (χ3n) is 3.92. The minimum atomic E-state index is -3.94. The summed E-state index contributed by atoms with van der Waals surface area (Å²) < 4.78 is 37.3. The predicted octanol–water partition coefficient (Wildman–Crippen LogP) is 2.36. The largest absolute Gasteiger partial charge is 0.473 e. The van der Waals surface area contributed by atoms with Gasteiger partial charge in [-0.05, 0) is 32.1 Å². The highest BCUT2D eigenvalue weighted by atomic mass is 32.2. The Kier molecular flexibility index (Phi) is 5.03. The average molecular weight is 351 g/mol. The Morgan fingerprint density at radius 2 is 1.92 bits per heavy atom. The van der Waals surface area contributed by atoms with E-state index in [0.717, 1.165) is 9.87 Å². The third kappa shape index (κ3) is 3.03. The quantitative estimate of drug-likeness (QED) is 0.601. The lowest BCUT2D eigenvalue weighted by molar-refractivity contribution is -0.136. The van der Waals surface area contributed by atoms with E-state index in [2.05, 4.69) is 17.9 Å². The number of carbonyl (C=O) groups is 1. The first kappa shape index (κ1) is 18.1. The van der Waals surface area contributed by atoms with Gasteiger partial charge in [-0.2, -0.15) is 0 Å². The van der Waals surface area contributed by atoms with Gasteiger partial charge < -0.3 is 9.47 Å². The summed E-state index contributed by atoms with van der Waals surface area (Å²) in [4.78, 5) is 12.0. The molecule has 1 heterocycles. The van der Waals surface area contributed by atoms with Crippen LogP contribution in [-0.4, -0.2) is 37.9 Å². The van der Waals surface area contributed by atoms with Crippen LogP contribution < -0.4 is 0 Å². The number of carbonyl (C=O) groups excluding carboxylic acids is 1. The third-order valence-corrected chi connectivity index (χ3v) is 5.74. The molecule has 1 aromatic carbocycles. The second-order valence-electron chi connectivity index (χ2n) is 5.53. The fourth-order valence-corrected chi connectivity index (χ4v) is 4.21. The molecule has 0 spiro atoms. The summed E-state index contributed by atoms with van der Waals surface area (Å²) in [5.74, 6) is -0.710. The van der Waals surface area contributed by atoms with E-state index in [4.69, 9.17) is 4.74 Å². The van der Waals surface area contributed by atoms with Crippen LogP contribution in [0.25, 0.3) is 0 Å². The van der Waals surface area contributed by atoms with Crippen molar-refractivity contribution in [1.82, 2.24) is 4.31 Å². The summed E-state index contributed by atoms with van der Waals surface area (Å²) in [6.45, 7) is 11.1. The average Bonchev–Trinajstić information content (AvgIpc) is 2.90. The van der Waals surface area contributed by atoms with Gasteiger partial charge >= 0.3 is 5.97 Å². The van der Waals surface area contributed by atoms with Gasteiger partial charge in [0.25, 0.3) is 10.0 Å². The predicted molar refractivity (Wildman–Crippen MR) is 89.5 cm³/mol. The van der Waals surface area contributed by atoms with Gasteiger partial charge in [0.2, 0.25) is 0 Å². The smallest absolute Gasteiger partial charge is 0.335 e. The van der Waals surface area contributed by atoms with Gasteiger partial charge in [-0.25, -0.2) is 17.5 Å². The van der Waals surface area contributed by atoms with Gasteiger partial charge in [0, 0.05) is 0 Å². The van der Waals surface area contributed by atoms with Crippen molar-refractivity contribution in [1.29, 1.82) is 0 Å². The van der Waals surface area contributed by atoms with Gasteiger partial charge in [-0.3, -0.25) is 0 Å². The molecule has 7 heteroatoms. The van der Waals surface area contributed by atoms with Gasteiger partial charge in [0.05, 0.1) is 17.6 Å². The molecule has 1 aliphatic heterocycles. The Morgan fingerprint density at radius 3 is 2.42 bits per heavy atom. The molecule has 130 valence electrons. The van der Waals surface area contributed by atoms with Crippen LogP contribution in [0.3, 0.4) is 0 Å². The molecule has 24 heavy (non-hydrogen) atoms. The standard InChI is InChI=1S/C17H21NO5S/c1-6-15-16(12(3)17(19)22-5)18(13(4)23-15)24(20,21)14-9-7-11(2)8-10-14/h7-10,15-16H,3-4,6H2,1-2,5H3/t15-,16-/m0/s1. The van der Waals surface area contributed by atoms with E-state index in [-0.39, 0.29) is 16.4 Å². The molecule has 0 N–H and O–H groups in total. The summed E-state index contributed by atoms with van der Waals surface area (Å²) in [5.41, 5.74) is 0.950. The zero-order valence-corrected chi connectivity index (χ0v) is 14.8.